The van der Waals surface area contributed by atoms with Crippen molar-refractivity contribution in [2.24, 2.45) is 5.73 Å². The van der Waals surface area contributed by atoms with Gasteiger partial charge in [-0.2, -0.15) is 0 Å². The molecule has 0 saturated carbocycles. The zero-order valence-corrected chi connectivity index (χ0v) is 12.1. The minimum absolute atomic E-state index is 0.0381. The van der Waals surface area contributed by atoms with E-state index >= 15 is 0 Å². The molecule has 3 heteroatoms. The topological polar surface area (TPSA) is 43.8 Å². The Morgan fingerprint density at radius 1 is 0.905 bits per heavy atom. The van der Waals surface area contributed by atoms with Crippen molar-refractivity contribution in [3.8, 4) is 0 Å². The van der Waals surface area contributed by atoms with Gasteiger partial charge >= 0.3 is 0 Å². The highest BCUT2D eigenvalue weighted by Crippen LogP contribution is 2.31. The number of hydrogen-bond acceptors (Lipinski definition) is 2. The minimum Gasteiger partial charge on any atom is -0.326 e. The van der Waals surface area contributed by atoms with Crippen LogP contribution in [0.15, 0.2) is 73.1 Å². The SMILES string of the molecule is Cc1nccn1C(c1ccccc1)C(N)c1ccccc1. The maximum atomic E-state index is 6.58. The summed E-state index contributed by atoms with van der Waals surface area (Å²) in [5.74, 6) is 0.968. The van der Waals surface area contributed by atoms with E-state index in [1.807, 2.05) is 55.7 Å². The first-order chi connectivity index (χ1) is 10.3. The van der Waals surface area contributed by atoms with Crippen molar-refractivity contribution in [3.05, 3.63) is 90.0 Å². The predicted molar refractivity (Wildman–Crippen MR) is 84.9 cm³/mol. The molecular formula is C18H19N3. The Morgan fingerprint density at radius 2 is 1.48 bits per heavy atom. The molecule has 3 rings (SSSR count). The standard InChI is InChI=1S/C18H19N3/c1-14-20-12-13-21(14)18(16-10-6-3-7-11-16)17(19)15-8-4-2-5-9-15/h2-13,17-18H,19H2,1H3. The Morgan fingerprint density at radius 3 is 2.00 bits per heavy atom. The lowest BCUT2D eigenvalue weighted by molar-refractivity contribution is 0.475. The number of imidazole rings is 1. The van der Waals surface area contributed by atoms with Crippen LogP contribution in [0.25, 0.3) is 0 Å². The van der Waals surface area contributed by atoms with Crippen molar-refractivity contribution in [1.82, 2.24) is 9.55 Å². The molecule has 0 bridgehead atoms. The molecule has 1 aromatic heterocycles. The molecule has 0 aliphatic rings. The van der Waals surface area contributed by atoms with Gasteiger partial charge in [-0.3, -0.25) is 0 Å². The first kappa shape index (κ1) is 13.6. The van der Waals surface area contributed by atoms with Crippen molar-refractivity contribution in [2.75, 3.05) is 0 Å². The van der Waals surface area contributed by atoms with Crippen LogP contribution in [0.5, 0.6) is 0 Å². The van der Waals surface area contributed by atoms with E-state index in [0.29, 0.717) is 0 Å². The van der Waals surface area contributed by atoms with Gasteiger partial charge in [-0.25, -0.2) is 4.98 Å². The lowest BCUT2D eigenvalue weighted by atomic mass is 9.94. The molecule has 0 fully saturated rings. The maximum absolute atomic E-state index is 6.58. The number of nitrogens with zero attached hydrogens (tertiary/aromatic N) is 2. The first-order valence-corrected chi connectivity index (χ1v) is 7.12. The van der Waals surface area contributed by atoms with Crippen molar-refractivity contribution >= 4 is 0 Å². The van der Waals surface area contributed by atoms with Gasteiger partial charge in [0.05, 0.1) is 12.1 Å². The molecule has 0 spiro atoms. The van der Waals surface area contributed by atoms with Crippen LogP contribution in [0.2, 0.25) is 0 Å². The summed E-state index contributed by atoms with van der Waals surface area (Å²) in [6.07, 6.45) is 3.82. The van der Waals surface area contributed by atoms with E-state index in [-0.39, 0.29) is 12.1 Å². The summed E-state index contributed by atoms with van der Waals surface area (Å²) in [4.78, 5) is 4.35. The van der Waals surface area contributed by atoms with Gasteiger partial charge in [0.25, 0.3) is 0 Å². The number of nitrogens with two attached hydrogens (primary N) is 1. The fourth-order valence-corrected chi connectivity index (χ4v) is 2.73. The molecule has 1 heterocycles. The number of aromatic nitrogens is 2. The third kappa shape index (κ3) is 2.73. The van der Waals surface area contributed by atoms with E-state index in [2.05, 4.69) is 33.8 Å². The molecule has 3 nitrogen and oxygen atoms in total. The zero-order chi connectivity index (χ0) is 14.7. The van der Waals surface area contributed by atoms with Gasteiger partial charge in [0.15, 0.2) is 0 Å². The zero-order valence-electron chi connectivity index (χ0n) is 12.1. The Kier molecular flexibility index (Phi) is 3.84. The highest BCUT2D eigenvalue weighted by molar-refractivity contribution is 5.28. The van der Waals surface area contributed by atoms with Gasteiger partial charge in [-0.1, -0.05) is 60.7 Å². The van der Waals surface area contributed by atoms with Crippen molar-refractivity contribution in [2.45, 2.75) is 19.0 Å². The Hall–Kier alpha value is -2.39. The van der Waals surface area contributed by atoms with Crippen molar-refractivity contribution in [3.63, 3.8) is 0 Å². The van der Waals surface area contributed by atoms with Crippen molar-refractivity contribution < 1.29 is 0 Å². The molecule has 0 aliphatic carbocycles. The molecule has 3 aromatic rings. The number of benzene rings is 2. The van der Waals surface area contributed by atoms with Crippen LogP contribution in [0, 0.1) is 6.92 Å². The predicted octanol–water partition coefficient (Wildman–Crippen LogP) is 3.48. The third-order valence-electron chi connectivity index (χ3n) is 3.83. The minimum atomic E-state index is -0.124. The van der Waals surface area contributed by atoms with Gasteiger partial charge in [0.1, 0.15) is 5.82 Å². The molecule has 106 valence electrons. The average Bonchev–Trinajstić information content (AvgIpc) is 2.95. The van der Waals surface area contributed by atoms with E-state index in [4.69, 9.17) is 5.73 Å². The van der Waals surface area contributed by atoms with Crippen molar-refractivity contribution in [1.29, 1.82) is 0 Å². The van der Waals surface area contributed by atoms with Gasteiger partial charge in [0, 0.05) is 12.4 Å². The first-order valence-electron chi connectivity index (χ1n) is 7.12. The summed E-state index contributed by atoms with van der Waals surface area (Å²) >= 11 is 0. The fraction of sp³-hybridized carbons (Fsp3) is 0.167. The van der Waals surface area contributed by atoms with Crippen LogP contribution >= 0.6 is 0 Å². The summed E-state index contributed by atoms with van der Waals surface area (Å²) in [5.41, 5.74) is 8.90. The molecule has 0 saturated heterocycles. The molecule has 0 aliphatic heterocycles. The fourth-order valence-electron chi connectivity index (χ4n) is 2.73. The largest absolute Gasteiger partial charge is 0.326 e. The molecule has 0 radical (unpaired) electrons. The monoisotopic (exact) mass is 277 g/mol. The van der Waals surface area contributed by atoms with Crippen LogP contribution in [-0.4, -0.2) is 9.55 Å². The van der Waals surface area contributed by atoms with E-state index in [1.165, 1.54) is 5.56 Å². The highest BCUT2D eigenvalue weighted by atomic mass is 15.1. The number of aryl methyl sites for hydroxylation is 1. The van der Waals surface area contributed by atoms with Gasteiger partial charge in [-0.15, -0.1) is 0 Å². The third-order valence-corrected chi connectivity index (χ3v) is 3.83. The van der Waals surface area contributed by atoms with Crippen LogP contribution in [0.3, 0.4) is 0 Å². The molecule has 0 amide bonds. The van der Waals surface area contributed by atoms with E-state index in [1.54, 1.807) is 0 Å². The maximum Gasteiger partial charge on any atom is 0.106 e. The average molecular weight is 277 g/mol. The molecular weight excluding hydrogens is 258 g/mol. The van der Waals surface area contributed by atoms with Gasteiger partial charge < -0.3 is 10.3 Å². The second-order valence-corrected chi connectivity index (χ2v) is 5.17. The van der Waals surface area contributed by atoms with Gasteiger partial charge in [-0.05, 0) is 18.1 Å². The molecule has 21 heavy (non-hydrogen) atoms. The van der Waals surface area contributed by atoms with Crippen LogP contribution < -0.4 is 5.73 Å². The summed E-state index contributed by atoms with van der Waals surface area (Å²) in [6.45, 7) is 2.01. The molecule has 2 N–H and O–H groups in total. The summed E-state index contributed by atoms with van der Waals surface area (Å²) in [5, 5.41) is 0. The Labute approximate surface area is 125 Å². The van der Waals surface area contributed by atoms with Crippen LogP contribution in [0.4, 0.5) is 0 Å². The van der Waals surface area contributed by atoms with Crippen LogP contribution in [-0.2, 0) is 0 Å². The smallest absolute Gasteiger partial charge is 0.106 e. The summed E-state index contributed by atoms with van der Waals surface area (Å²) in [6, 6.07) is 20.5. The number of rotatable bonds is 4. The summed E-state index contributed by atoms with van der Waals surface area (Å²) < 4.78 is 2.15. The molecule has 2 atom stereocenters. The second kappa shape index (κ2) is 5.94. The molecule has 2 unspecified atom stereocenters. The normalized spacial score (nSPS) is 13.8. The lowest BCUT2D eigenvalue weighted by Gasteiger charge is -2.27. The van der Waals surface area contributed by atoms with Gasteiger partial charge in [0.2, 0.25) is 0 Å². The quantitative estimate of drug-likeness (QED) is 0.793. The lowest BCUT2D eigenvalue weighted by Crippen LogP contribution is -2.26. The van der Waals surface area contributed by atoms with E-state index in [9.17, 15) is 0 Å². The molecule has 2 aromatic carbocycles. The van der Waals surface area contributed by atoms with E-state index < -0.39 is 0 Å². The second-order valence-electron chi connectivity index (χ2n) is 5.17. The Balaban J connectivity index is 2.07. The highest BCUT2D eigenvalue weighted by Gasteiger charge is 2.23. The van der Waals surface area contributed by atoms with E-state index in [0.717, 1.165) is 11.4 Å². The Bertz CT molecular complexity index is 689. The summed E-state index contributed by atoms with van der Waals surface area (Å²) in [7, 11) is 0. The number of hydrogen-bond donors (Lipinski definition) is 1. The van der Waals surface area contributed by atoms with Crippen LogP contribution in [0.1, 0.15) is 29.0 Å².